The van der Waals surface area contributed by atoms with Gasteiger partial charge in [-0.2, -0.15) is 4.98 Å². The fourth-order valence-electron chi connectivity index (χ4n) is 1.53. The molecule has 0 fully saturated rings. The monoisotopic (exact) mass is 247 g/mol. The molecule has 6 nitrogen and oxygen atoms in total. The summed E-state index contributed by atoms with van der Waals surface area (Å²) >= 11 is 0. The maximum absolute atomic E-state index is 10.7. The molecule has 6 heteroatoms. The zero-order chi connectivity index (χ0) is 13.0. The van der Waals surface area contributed by atoms with Crippen molar-refractivity contribution in [3.05, 3.63) is 42.0 Å². The molecule has 2 heterocycles. The number of carboxylic acids is 1. The van der Waals surface area contributed by atoms with Crippen LogP contribution >= 0.6 is 0 Å². The zero-order valence-corrected chi connectivity index (χ0v) is 9.91. The normalized spacial score (nSPS) is 10.3. The van der Waals surface area contributed by atoms with Crippen LogP contribution in [0.2, 0.25) is 0 Å². The molecule has 0 saturated carbocycles. The number of aromatic nitrogens is 2. The number of carboxylic acid groups (broad SMARTS) is 1. The molecule has 0 amide bonds. The topological polar surface area (TPSA) is 79.5 Å². The van der Waals surface area contributed by atoms with Crippen LogP contribution in [0.5, 0.6) is 0 Å². The molecule has 0 atom stereocenters. The van der Waals surface area contributed by atoms with Crippen LogP contribution < -0.4 is 4.90 Å². The van der Waals surface area contributed by atoms with Crippen LogP contribution in [0, 0.1) is 0 Å². The molecule has 2 aromatic rings. The Bertz CT molecular complexity index is 524. The molecule has 0 bridgehead atoms. The first-order chi connectivity index (χ1) is 8.70. The molecule has 0 aliphatic rings. The predicted molar refractivity (Wildman–Crippen MR) is 64.4 cm³/mol. The van der Waals surface area contributed by atoms with Gasteiger partial charge in [-0.25, -0.2) is 4.79 Å². The molecular weight excluding hydrogens is 234 g/mol. The van der Waals surface area contributed by atoms with Crippen LogP contribution in [-0.4, -0.2) is 27.6 Å². The number of hydrogen-bond acceptors (Lipinski definition) is 5. The highest BCUT2D eigenvalue weighted by atomic mass is 16.4. The second kappa shape index (κ2) is 5.31. The molecule has 2 rings (SSSR count). The number of nitrogens with zero attached hydrogens (tertiary/aromatic N) is 3. The van der Waals surface area contributed by atoms with Crippen molar-refractivity contribution in [2.24, 2.45) is 0 Å². The third-order valence-electron chi connectivity index (χ3n) is 2.49. The summed E-state index contributed by atoms with van der Waals surface area (Å²) in [5, 5.41) is 8.79. The highest BCUT2D eigenvalue weighted by Gasteiger charge is 2.15. The summed E-state index contributed by atoms with van der Waals surface area (Å²) in [5.41, 5.74) is 0.972. The SMILES string of the molecule is CCN(Cc1ccncc1)c1nc(C(=O)O)co1. The van der Waals surface area contributed by atoms with Crippen molar-refractivity contribution in [1.29, 1.82) is 0 Å². The summed E-state index contributed by atoms with van der Waals surface area (Å²) in [6.45, 7) is 3.21. The van der Waals surface area contributed by atoms with Crippen molar-refractivity contribution in [1.82, 2.24) is 9.97 Å². The summed E-state index contributed by atoms with van der Waals surface area (Å²) in [7, 11) is 0. The first-order valence-corrected chi connectivity index (χ1v) is 5.53. The highest BCUT2D eigenvalue weighted by Crippen LogP contribution is 2.16. The number of rotatable bonds is 5. The van der Waals surface area contributed by atoms with Gasteiger partial charge in [-0.1, -0.05) is 0 Å². The lowest BCUT2D eigenvalue weighted by Crippen LogP contribution is -2.22. The Hall–Kier alpha value is -2.37. The van der Waals surface area contributed by atoms with Gasteiger partial charge in [-0.3, -0.25) is 4.98 Å². The number of aromatic carboxylic acids is 1. The number of carbonyl (C=O) groups is 1. The van der Waals surface area contributed by atoms with E-state index >= 15 is 0 Å². The van der Waals surface area contributed by atoms with Crippen LogP contribution in [0.4, 0.5) is 6.01 Å². The molecule has 0 aliphatic heterocycles. The minimum absolute atomic E-state index is 0.0850. The number of hydrogen-bond donors (Lipinski definition) is 1. The standard InChI is InChI=1S/C12H13N3O3/c1-2-15(7-9-3-5-13-6-4-9)12-14-10(8-18-12)11(16)17/h3-6,8H,2,7H2,1H3,(H,16,17). The van der Waals surface area contributed by atoms with Gasteiger partial charge >= 0.3 is 5.97 Å². The lowest BCUT2D eigenvalue weighted by atomic mass is 10.2. The maximum atomic E-state index is 10.7. The Morgan fingerprint density at radius 3 is 2.72 bits per heavy atom. The van der Waals surface area contributed by atoms with Gasteiger partial charge in [0.25, 0.3) is 6.01 Å². The van der Waals surface area contributed by atoms with Crippen LogP contribution in [0.15, 0.2) is 35.2 Å². The van der Waals surface area contributed by atoms with Crippen molar-refractivity contribution in [3.8, 4) is 0 Å². The number of oxazole rings is 1. The summed E-state index contributed by atoms with van der Waals surface area (Å²) in [6.07, 6.45) is 4.57. The summed E-state index contributed by atoms with van der Waals surface area (Å²) in [4.78, 5) is 20.4. The predicted octanol–water partition coefficient (Wildman–Crippen LogP) is 1.79. The van der Waals surface area contributed by atoms with E-state index in [4.69, 9.17) is 9.52 Å². The molecular formula is C12H13N3O3. The quantitative estimate of drug-likeness (QED) is 0.867. The van der Waals surface area contributed by atoms with E-state index < -0.39 is 5.97 Å². The lowest BCUT2D eigenvalue weighted by molar-refractivity contribution is 0.0690. The van der Waals surface area contributed by atoms with Crippen LogP contribution in [0.1, 0.15) is 23.0 Å². The number of pyridine rings is 1. The highest BCUT2D eigenvalue weighted by molar-refractivity contribution is 5.85. The van der Waals surface area contributed by atoms with Gasteiger partial charge in [0.05, 0.1) is 0 Å². The third kappa shape index (κ3) is 2.65. The van der Waals surface area contributed by atoms with E-state index in [0.29, 0.717) is 19.1 Å². The fourth-order valence-corrected chi connectivity index (χ4v) is 1.53. The number of anilines is 1. The Balaban J connectivity index is 2.15. The summed E-state index contributed by atoms with van der Waals surface area (Å²) < 4.78 is 5.17. The van der Waals surface area contributed by atoms with E-state index in [-0.39, 0.29) is 5.69 Å². The Morgan fingerprint density at radius 1 is 1.44 bits per heavy atom. The Kier molecular flexibility index (Phi) is 3.57. The zero-order valence-electron chi connectivity index (χ0n) is 9.91. The van der Waals surface area contributed by atoms with Gasteiger partial charge in [-0.05, 0) is 24.6 Å². The van der Waals surface area contributed by atoms with Gasteiger partial charge in [0.2, 0.25) is 0 Å². The third-order valence-corrected chi connectivity index (χ3v) is 2.49. The molecule has 2 aromatic heterocycles. The van der Waals surface area contributed by atoms with E-state index in [0.717, 1.165) is 11.8 Å². The van der Waals surface area contributed by atoms with Crippen LogP contribution in [0.3, 0.4) is 0 Å². The van der Waals surface area contributed by atoms with E-state index in [1.165, 1.54) is 0 Å². The van der Waals surface area contributed by atoms with Crippen LogP contribution in [0.25, 0.3) is 0 Å². The molecule has 94 valence electrons. The van der Waals surface area contributed by atoms with Crippen molar-refractivity contribution < 1.29 is 14.3 Å². The molecule has 0 saturated heterocycles. The van der Waals surface area contributed by atoms with Gasteiger partial charge in [0.1, 0.15) is 6.26 Å². The average Bonchev–Trinajstić information content (AvgIpc) is 2.87. The van der Waals surface area contributed by atoms with E-state index in [1.54, 1.807) is 12.4 Å². The smallest absolute Gasteiger partial charge is 0.357 e. The average molecular weight is 247 g/mol. The van der Waals surface area contributed by atoms with Gasteiger partial charge in [0.15, 0.2) is 5.69 Å². The second-order valence-corrected chi connectivity index (χ2v) is 3.69. The molecule has 18 heavy (non-hydrogen) atoms. The van der Waals surface area contributed by atoms with Gasteiger partial charge in [-0.15, -0.1) is 0 Å². The van der Waals surface area contributed by atoms with Gasteiger partial charge in [0, 0.05) is 25.5 Å². The van der Waals surface area contributed by atoms with Crippen molar-refractivity contribution in [2.75, 3.05) is 11.4 Å². The van der Waals surface area contributed by atoms with Crippen molar-refractivity contribution >= 4 is 12.0 Å². The minimum Gasteiger partial charge on any atom is -0.476 e. The van der Waals surface area contributed by atoms with Crippen molar-refractivity contribution in [3.63, 3.8) is 0 Å². The van der Waals surface area contributed by atoms with E-state index in [9.17, 15) is 4.79 Å². The summed E-state index contributed by atoms with van der Waals surface area (Å²) in [6, 6.07) is 4.10. The summed E-state index contributed by atoms with van der Waals surface area (Å²) in [5.74, 6) is -1.09. The first-order valence-electron chi connectivity index (χ1n) is 5.53. The minimum atomic E-state index is -1.09. The Labute approximate surface area is 104 Å². The first kappa shape index (κ1) is 12.1. The molecule has 1 N–H and O–H groups in total. The van der Waals surface area contributed by atoms with E-state index in [1.807, 2.05) is 24.0 Å². The molecule has 0 unspecified atom stereocenters. The van der Waals surface area contributed by atoms with Crippen LogP contribution in [-0.2, 0) is 6.54 Å². The van der Waals surface area contributed by atoms with E-state index in [2.05, 4.69) is 9.97 Å². The molecule has 0 aliphatic carbocycles. The Morgan fingerprint density at radius 2 is 2.17 bits per heavy atom. The molecule has 0 spiro atoms. The molecule has 0 radical (unpaired) electrons. The molecule has 0 aromatic carbocycles. The second-order valence-electron chi connectivity index (χ2n) is 3.69. The van der Waals surface area contributed by atoms with Crippen molar-refractivity contribution in [2.45, 2.75) is 13.5 Å². The van der Waals surface area contributed by atoms with Gasteiger partial charge < -0.3 is 14.4 Å². The maximum Gasteiger partial charge on any atom is 0.357 e. The fraction of sp³-hybridized carbons (Fsp3) is 0.250. The largest absolute Gasteiger partial charge is 0.476 e. The lowest BCUT2D eigenvalue weighted by Gasteiger charge is -2.18.